The van der Waals surface area contributed by atoms with Gasteiger partial charge in [0, 0.05) is 38.5 Å². The maximum atomic E-state index is 14.0. The summed E-state index contributed by atoms with van der Waals surface area (Å²) in [4.78, 5) is 8.17. The first-order valence-electron chi connectivity index (χ1n) is 12.5. The molecule has 0 bridgehead atoms. The van der Waals surface area contributed by atoms with E-state index in [4.69, 9.17) is 0 Å². The molecule has 0 amide bonds. The van der Waals surface area contributed by atoms with Crippen molar-refractivity contribution < 1.29 is 42.2 Å². The van der Waals surface area contributed by atoms with Gasteiger partial charge in [-0.05, 0) is 23.7 Å². The van der Waals surface area contributed by atoms with Crippen LogP contribution < -0.4 is 14.5 Å². The van der Waals surface area contributed by atoms with Crippen LogP contribution in [0.3, 0.4) is 0 Å². The van der Waals surface area contributed by atoms with E-state index in [0.29, 0.717) is 5.69 Å². The molecule has 0 fully saturated rings. The zero-order valence-corrected chi connectivity index (χ0v) is 25.7. The first-order chi connectivity index (χ1) is 19.3. The van der Waals surface area contributed by atoms with Crippen molar-refractivity contribution in [3.05, 3.63) is 129 Å². The summed E-state index contributed by atoms with van der Waals surface area (Å²) in [6.45, 7) is 17.5. The molecule has 3 aromatic heterocycles. The van der Waals surface area contributed by atoms with Crippen molar-refractivity contribution in [2.75, 3.05) is 9.91 Å². The summed E-state index contributed by atoms with van der Waals surface area (Å²) >= 11 is 0. The predicted octanol–water partition coefficient (Wildman–Crippen LogP) is 6.40. The van der Waals surface area contributed by atoms with Crippen LogP contribution in [0.5, 0.6) is 0 Å². The molecule has 1 aliphatic rings. The molecule has 11 heteroatoms. The molecule has 0 saturated carbocycles. The van der Waals surface area contributed by atoms with Gasteiger partial charge in [-0.2, -0.15) is 43.2 Å². The summed E-state index contributed by atoms with van der Waals surface area (Å²) < 4.78 is 55.6. The average Bonchev–Trinajstić information content (AvgIpc) is 3.25. The molecule has 1 atom stereocenters. The number of rotatable bonds is 3. The Balaban J connectivity index is 0.000000225. The summed E-state index contributed by atoms with van der Waals surface area (Å²) in [6, 6.07) is 15.4. The Morgan fingerprint density at radius 3 is 2.02 bits per heavy atom. The van der Waals surface area contributed by atoms with Crippen LogP contribution >= 0.6 is 0 Å². The fourth-order valence-corrected chi connectivity index (χ4v) is 4.21. The summed E-state index contributed by atoms with van der Waals surface area (Å²) in [5.74, 6) is -3.62. The van der Waals surface area contributed by atoms with Gasteiger partial charge < -0.3 is 21.4 Å². The van der Waals surface area contributed by atoms with Crippen LogP contribution in [-0.2, 0) is 25.5 Å². The van der Waals surface area contributed by atoms with Crippen molar-refractivity contribution in [2.45, 2.75) is 32.4 Å². The van der Waals surface area contributed by atoms with Gasteiger partial charge in [-0.1, -0.05) is 62.2 Å². The predicted molar refractivity (Wildman–Crippen MR) is 151 cm³/mol. The van der Waals surface area contributed by atoms with Crippen molar-refractivity contribution in [3.8, 4) is 11.3 Å². The Morgan fingerprint density at radius 2 is 1.45 bits per heavy atom. The number of hydrazone groups is 1. The number of pyridine rings is 3. The molecule has 6 nitrogen and oxygen atoms in total. The van der Waals surface area contributed by atoms with Gasteiger partial charge in [0.05, 0.1) is 11.9 Å². The third-order valence-electron chi connectivity index (χ3n) is 6.37. The second-order valence-corrected chi connectivity index (χ2v) is 10.3. The Morgan fingerprint density at radius 1 is 0.857 bits per heavy atom. The fourth-order valence-electron chi connectivity index (χ4n) is 4.21. The molecular weight excluding hydrogens is 725 g/mol. The van der Waals surface area contributed by atoms with Crippen LogP contribution in [0.4, 0.5) is 28.9 Å². The minimum absolute atomic E-state index is 0. The number of benzene rings is 1. The molecule has 42 heavy (non-hydrogen) atoms. The van der Waals surface area contributed by atoms with Crippen molar-refractivity contribution in [1.82, 2.24) is 9.97 Å². The SMILES string of the molecule is [CH2-]c1cc(F)nc(F)c1-c1cc(C(C)(C)C)cc[n+]1[CH2-].[CH2-]c1cc(F)nc(F)c1N1N=CN(c2ccccc2)C1[CH2-].[Ir]. The van der Waals surface area contributed by atoms with Gasteiger partial charge in [0.1, 0.15) is 6.34 Å². The average molecular weight is 754 g/mol. The van der Waals surface area contributed by atoms with Crippen LogP contribution in [0.15, 0.2) is 65.9 Å². The molecule has 0 saturated heterocycles. The molecular formula is C31H29F4IrN6-3. The van der Waals surface area contributed by atoms with Gasteiger partial charge in [-0.15, -0.1) is 12.1 Å². The van der Waals surface area contributed by atoms with Crippen LogP contribution in [0, 0.1) is 51.6 Å². The van der Waals surface area contributed by atoms with Gasteiger partial charge in [0.15, 0.2) is 23.8 Å². The molecule has 1 unspecified atom stereocenters. The second kappa shape index (κ2) is 12.8. The van der Waals surface area contributed by atoms with E-state index in [2.05, 4.69) is 63.7 Å². The van der Waals surface area contributed by atoms with Gasteiger partial charge >= 0.3 is 0 Å². The van der Waals surface area contributed by atoms with E-state index < -0.39 is 30.0 Å². The van der Waals surface area contributed by atoms with Gasteiger partial charge in [0.25, 0.3) is 0 Å². The molecule has 1 radical (unpaired) electrons. The summed E-state index contributed by atoms with van der Waals surface area (Å²) in [7, 11) is 3.83. The van der Waals surface area contributed by atoms with Gasteiger partial charge in [0.2, 0.25) is 0 Å². The number of anilines is 2. The van der Waals surface area contributed by atoms with Crippen LogP contribution in [0.25, 0.3) is 11.3 Å². The molecule has 1 aliphatic heterocycles. The Bertz CT molecular complexity index is 1540. The number of hydrogen-bond acceptors (Lipinski definition) is 5. The van der Waals surface area contributed by atoms with Gasteiger partial charge in [-0.3, -0.25) is 0 Å². The molecule has 4 aromatic rings. The maximum absolute atomic E-state index is 14.0. The standard InChI is InChI=1S/C16H17F2N2.C15H12F2N4.Ir/c1-10-8-13(17)19-15(18)14(10)12-9-11(16(2,3)4)6-7-20(12)5;1-10-8-13(16)19-15(17)14(10)21-11(2)20(9-18-21)12-6-4-3-5-7-12;/h6-9H,1,5H2,2-4H3;3-9,11H,1-2H2;/q-1;-2;. The minimum atomic E-state index is -0.958. The number of hydrogen-bond donors (Lipinski definition) is 0. The van der Waals surface area contributed by atoms with E-state index in [9.17, 15) is 17.6 Å². The largest absolute Gasteiger partial charge is 0.343 e. The third kappa shape index (κ3) is 6.86. The van der Waals surface area contributed by atoms with E-state index in [0.717, 1.165) is 23.4 Å². The Kier molecular flexibility index (Phi) is 9.91. The van der Waals surface area contributed by atoms with E-state index in [1.165, 1.54) is 15.9 Å². The minimum Gasteiger partial charge on any atom is -0.343 e. The Labute approximate surface area is 257 Å². The van der Waals surface area contributed by atoms with Crippen molar-refractivity contribution in [1.29, 1.82) is 0 Å². The number of para-hydroxylation sites is 1. The van der Waals surface area contributed by atoms with E-state index >= 15 is 0 Å². The monoisotopic (exact) mass is 754 g/mol. The van der Waals surface area contributed by atoms with Crippen molar-refractivity contribution >= 4 is 17.7 Å². The van der Waals surface area contributed by atoms with Crippen LogP contribution in [-0.4, -0.2) is 22.5 Å². The molecule has 223 valence electrons. The van der Waals surface area contributed by atoms with E-state index in [1.54, 1.807) is 11.1 Å². The number of aromatic nitrogens is 3. The zero-order chi connectivity index (χ0) is 30.1. The maximum Gasteiger partial charge on any atom is 0.183 e. The van der Waals surface area contributed by atoms with Crippen molar-refractivity contribution in [3.63, 3.8) is 0 Å². The van der Waals surface area contributed by atoms with E-state index in [-0.39, 0.29) is 47.9 Å². The second-order valence-electron chi connectivity index (χ2n) is 10.3. The summed E-state index contributed by atoms with van der Waals surface area (Å²) in [5, 5.41) is 5.46. The van der Waals surface area contributed by atoms with Gasteiger partial charge in [-0.25, -0.2) is 14.4 Å². The normalized spacial score (nSPS) is 14.3. The third-order valence-corrected chi connectivity index (χ3v) is 6.37. The molecule has 0 N–H and O–H groups in total. The van der Waals surface area contributed by atoms with E-state index in [1.807, 2.05) is 42.5 Å². The zero-order valence-electron chi connectivity index (χ0n) is 23.3. The molecule has 5 rings (SSSR count). The molecule has 0 spiro atoms. The first kappa shape index (κ1) is 32.4. The quantitative estimate of drug-likeness (QED) is 0.105. The van der Waals surface area contributed by atoms with Crippen molar-refractivity contribution in [2.24, 2.45) is 5.10 Å². The first-order valence-corrected chi connectivity index (χ1v) is 12.5. The topological polar surface area (TPSA) is 48.5 Å². The smallest absolute Gasteiger partial charge is 0.183 e. The molecule has 1 aromatic carbocycles. The number of halogens is 4. The Hall–Kier alpha value is -4.08. The molecule has 0 aliphatic carbocycles. The van der Waals surface area contributed by atoms with Crippen LogP contribution in [0.2, 0.25) is 0 Å². The fraction of sp³-hybridized carbons (Fsp3) is 0.161. The van der Waals surface area contributed by atoms with Crippen LogP contribution in [0.1, 0.15) is 37.5 Å². The summed E-state index contributed by atoms with van der Waals surface area (Å²) in [5.41, 5.74) is 2.93. The number of nitrogens with zero attached hydrogens (tertiary/aromatic N) is 6. The summed E-state index contributed by atoms with van der Waals surface area (Å²) in [6.07, 6.45) is 2.77. The molecule has 4 heterocycles.